The van der Waals surface area contributed by atoms with Crippen LogP contribution in [0.2, 0.25) is 5.02 Å². The fourth-order valence-corrected chi connectivity index (χ4v) is 2.74. The zero-order valence-electron chi connectivity index (χ0n) is 13.2. The van der Waals surface area contributed by atoms with Gasteiger partial charge in [0.2, 0.25) is 10.0 Å². The maximum absolute atomic E-state index is 12.3. The first-order valence-corrected chi connectivity index (χ1v) is 9.37. The molecule has 0 aliphatic heterocycles. The van der Waals surface area contributed by atoms with E-state index in [0.717, 1.165) is 6.26 Å². The molecule has 0 heterocycles. The van der Waals surface area contributed by atoms with Crippen molar-refractivity contribution < 1.29 is 17.9 Å². The summed E-state index contributed by atoms with van der Waals surface area (Å²) in [5, 5.41) is 2.93. The summed E-state index contributed by atoms with van der Waals surface area (Å²) in [4.78, 5) is 12.3. The number of carbonyl (C=O) groups excluding carboxylic acids is 1. The number of halogens is 1. The van der Waals surface area contributed by atoms with Crippen LogP contribution in [-0.4, -0.2) is 27.2 Å². The van der Waals surface area contributed by atoms with Gasteiger partial charge in [0.15, 0.2) is 0 Å². The molecule has 0 saturated carbocycles. The van der Waals surface area contributed by atoms with E-state index in [1.54, 1.807) is 24.3 Å². The molecule has 0 saturated heterocycles. The number of amides is 1. The van der Waals surface area contributed by atoms with Crippen LogP contribution in [-0.2, 0) is 10.0 Å². The van der Waals surface area contributed by atoms with Crippen molar-refractivity contribution in [2.45, 2.75) is 6.92 Å². The number of ether oxygens (including phenoxy) is 1. The number of carbonyl (C=O) groups is 1. The molecule has 0 atom stereocenters. The molecule has 0 aromatic heterocycles. The van der Waals surface area contributed by atoms with Crippen LogP contribution < -0.4 is 14.8 Å². The number of nitrogens with one attached hydrogen (secondary N) is 2. The summed E-state index contributed by atoms with van der Waals surface area (Å²) in [7, 11) is -3.49. The van der Waals surface area contributed by atoms with E-state index < -0.39 is 10.0 Å². The molecule has 0 bridgehead atoms. The average molecular weight is 369 g/mol. The van der Waals surface area contributed by atoms with E-state index in [1.165, 1.54) is 18.2 Å². The first kappa shape index (κ1) is 18.1. The van der Waals surface area contributed by atoms with E-state index in [9.17, 15) is 13.2 Å². The SMILES string of the molecule is CCOc1ccc(NC(=O)c2ccc(Cl)c(NS(C)(=O)=O)c2)cc1. The van der Waals surface area contributed by atoms with Crippen molar-refractivity contribution in [3.05, 3.63) is 53.1 Å². The lowest BCUT2D eigenvalue weighted by Crippen LogP contribution is -2.14. The smallest absolute Gasteiger partial charge is 0.255 e. The van der Waals surface area contributed by atoms with Crippen molar-refractivity contribution in [1.29, 1.82) is 0 Å². The highest BCUT2D eigenvalue weighted by Gasteiger charge is 2.12. The second kappa shape index (κ2) is 7.55. The third kappa shape index (κ3) is 5.14. The summed E-state index contributed by atoms with van der Waals surface area (Å²) >= 11 is 5.94. The first-order valence-electron chi connectivity index (χ1n) is 7.10. The maximum atomic E-state index is 12.3. The van der Waals surface area contributed by atoms with Gasteiger partial charge >= 0.3 is 0 Å². The summed E-state index contributed by atoms with van der Waals surface area (Å²) in [5.74, 6) is 0.328. The van der Waals surface area contributed by atoms with Crippen molar-refractivity contribution in [2.75, 3.05) is 22.9 Å². The third-order valence-corrected chi connectivity index (χ3v) is 3.87. The van der Waals surface area contributed by atoms with Gasteiger partial charge in [0.25, 0.3) is 5.91 Å². The molecule has 24 heavy (non-hydrogen) atoms. The second-order valence-corrected chi connectivity index (χ2v) is 7.14. The van der Waals surface area contributed by atoms with Crippen LogP contribution in [0.1, 0.15) is 17.3 Å². The standard InChI is InChI=1S/C16H17ClN2O4S/c1-3-23-13-7-5-12(6-8-13)18-16(20)11-4-9-14(17)15(10-11)19-24(2,21)22/h4-10,19H,3H2,1-2H3,(H,18,20). The Morgan fingerprint density at radius 1 is 1.17 bits per heavy atom. The summed E-state index contributed by atoms with van der Waals surface area (Å²) in [6, 6.07) is 11.3. The molecule has 6 nitrogen and oxygen atoms in total. The van der Waals surface area contributed by atoms with Gasteiger partial charge in [-0.15, -0.1) is 0 Å². The topological polar surface area (TPSA) is 84.5 Å². The van der Waals surface area contributed by atoms with Gasteiger partial charge in [-0.3, -0.25) is 9.52 Å². The van der Waals surface area contributed by atoms with E-state index in [4.69, 9.17) is 16.3 Å². The highest BCUT2D eigenvalue weighted by molar-refractivity contribution is 7.92. The van der Waals surface area contributed by atoms with Crippen molar-refractivity contribution in [3.63, 3.8) is 0 Å². The number of sulfonamides is 1. The first-order chi connectivity index (χ1) is 11.3. The number of rotatable bonds is 6. The Morgan fingerprint density at radius 2 is 1.83 bits per heavy atom. The number of benzene rings is 2. The van der Waals surface area contributed by atoms with E-state index >= 15 is 0 Å². The minimum Gasteiger partial charge on any atom is -0.494 e. The molecular weight excluding hydrogens is 352 g/mol. The zero-order chi connectivity index (χ0) is 17.7. The molecule has 0 fully saturated rings. The predicted octanol–water partition coefficient (Wildman–Crippen LogP) is 3.36. The van der Waals surface area contributed by atoms with Gasteiger partial charge in [0.05, 0.1) is 23.6 Å². The maximum Gasteiger partial charge on any atom is 0.255 e. The molecule has 2 N–H and O–H groups in total. The Morgan fingerprint density at radius 3 is 2.42 bits per heavy atom. The monoisotopic (exact) mass is 368 g/mol. The molecule has 2 aromatic carbocycles. The van der Waals surface area contributed by atoms with Gasteiger partial charge in [0.1, 0.15) is 5.75 Å². The lowest BCUT2D eigenvalue weighted by atomic mass is 10.2. The van der Waals surface area contributed by atoms with Crippen LogP contribution in [0.15, 0.2) is 42.5 Å². The molecule has 8 heteroatoms. The fourth-order valence-electron chi connectivity index (χ4n) is 1.95. The van der Waals surface area contributed by atoms with Gasteiger partial charge in [-0.2, -0.15) is 0 Å². The molecule has 128 valence electrons. The van der Waals surface area contributed by atoms with Crippen molar-refractivity contribution in [1.82, 2.24) is 0 Å². The Kier molecular flexibility index (Phi) is 5.69. The quantitative estimate of drug-likeness (QED) is 0.818. The highest BCUT2D eigenvalue weighted by atomic mass is 35.5. The van der Waals surface area contributed by atoms with E-state index in [2.05, 4.69) is 10.0 Å². The molecule has 0 unspecified atom stereocenters. The Bertz CT molecular complexity index is 836. The lowest BCUT2D eigenvalue weighted by molar-refractivity contribution is 0.102. The molecule has 1 amide bonds. The van der Waals surface area contributed by atoms with Gasteiger partial charge in [0, 0.05) is 11.3 Å². The van der Waals surface area contributed by atoms with Gasteiger partial charge < -0.3 is 10.1 Å². The predicted molar refractivity (Wildman–Crippen MR) is 95.5 cm³/mol. The van der Waals surface area contributed by atoms with E-state index in [1.807, 2.05) is 6.92 Å². The van der Waals surface area contributed by atoms with Crippen LogP contribution in [0.4, 0.5) is 11.4 Å². The minimum absolute atomic E-state index is 0.151. The van der Waals surface area contributed by atoms with Gasteiger partial charge in [-0.25, -0.2) is 8.42 Å². The number of hydrogen-bond acceptors (Lipinski definition) is 4. The zero-order valence-corrected chi connectivity index (χ0v) is 14.7. The van der Waals surface area contributed by atoms with E-state index in [-0.39, 0.29) is 22.2 Å². The largest absolute Gasteiger partial charge is 0.494 e. The molecule has 0 radical (unpaired) electrons. The molecule has 0 spiro atoms. The average Bonchev–Trinajstić information content (AvgIpc) is 2.50. The third-order valence-electron chi connectivity index (χ3n) is 2.95. The molecule has 0 aliphatic rings. The van der Waals surface area contributed by atoms with Gasteiger partial charge in [-0.1, -0.05) is 11.6 Å². The fraction of sp³-hybridized carbons (Fsp3) is 0.188. The number of hydrogen-bond donors (Lipinski definition) is 2. The highest BCUT2D eigenvalue weighted by Crippen LogP contribution is 2.24. The summed E-state index contributed by atoms with van der Waals surface area (Å²) in [6.45, 7) is 2.45. The molecule has 2 aromatic rings. The Labute approximate surface area is 145 Å². The molecule has 0 aliphatic carbocycles. The van der Waals surface area contributed by atoms with Crippen LogP contribution in [0.3, 0.4) is 0 Å². The summed E-state index contributed by atoms with van der Waals surface area (Å²) in [5.41, 5.74) is 1.02. The van der Waals surface area contributed by atoms with Crippen molar-refractivity contribution >= 4 is 38.9 Å². The van der Waals surface area contributed by atoms with Crippen molar-refractivity contribution in [2.24, 2.45) is 0 Å². The van der Waals surface area contributed by atoms with Crippen LogP contribution in [0.25, 0.3) is 0 Å². The van der Waals surface area contributed by atoms with Gasteiger partial charge in [-0.05, 0) is 49.4 Å². The summed E-state index contributed by atoms with van der Waals surface area (Å²) < 4.78 is 30.3. The summed E-state index contributed by atoms with van der Waals surface area (Å²) in [6.07, 6.45) is 1.01. The Balaban J connectivity index is 2.16. The van der Waals surface area contributed by atoms with E-state index in [0.29, 0.717) is 18.0 Å². The Hall–Kier alpha value is -2.25. The van der Waals surface area contributed by atoms with Crippen LogP contribution >= 0.6 is 11.6 Å². The molecular formula is C16H17ClN2O4S. The number of anilines is 2. The minimum atomic E-state index is -3.49. The normalized spacial score (nSPS) is 11.0. The van der Waals surface area contributed by atoms with Crippen molar-refractivity contribution in [3.8, 4) is 5.75 Å². The van der Waals surface area contributed by atoms with Crippen LogP contribution in [0, 0.1) is 0 Å². The van der Waals surface area contributed by atoms with Crippen LogP contribution in [0.5, 0.6) is 5.75 Å². The lowest BCUT2D eigenvalue weighted by Gasteiger charge is -2.10. The molecule has 2 rings (SSSR count). The second-order valence-electron chi connectivity index (χ2n) is 4.98.